The average Bonchev–Trinajstić information content (AvgIpc) is 2.62. The van der Waals surface area contributed by atoms with Crippen LogP contribution in [-0.4, -0.2) is 52.9 Å². The SMILES string of the molecule is CCN(CC)C(=O)c1cccc(C(O)(CC(C)(C)C)C(=O)N(CC)CC)c1. The van der Waals surface area contributed by atoms with Crippen LogP contribution in [0.5, 0.6) is 0 Å². The van der Waals surface area contributed by atoms with E-state index in [-0.39, 0.29) is 23.7 Å². The molecule has 1 aromatic carbocycles. The number of carbonyl (C=O) groups is 2. The molecule has 0 aliphatic heterocycles. The maximum atomic E-state index is 13.2. The average molecular weight is 377 g/mol. The first-order valence-electron chi connectivity index (χ1n) is 9.95. The van der Waals surface area contributed by atoms with E-state index in [1.807, 2.05) is 48.5 Å². The molecule has 0 aromatic heterocycles. The molecule has 0 aliphatic carbocycles. The predicted octanol–water partition coefficient (Wildman–Crippen LogP) is 3.66. The topological polar surface area (TPSA) is 60.9 Å². The number of nitrogens with zero attached hydrogens (tertiary/aromatic N) is 2. The molecule has 0 saturated heterocycles. The summed E-state index contributed by atoms with van der Waals surface area (Å²) in [5.74, 6) is -0.398. The van der Waals surface area contributed by atoms with Crippen molar-refractivity contribution in [3.8, 4) is 0 Å². The molecule has 0 saturated carbocycles. The van der Waals surface area contributed by atoms with E-state index in [0.717, 1.165) is 0 Å². The van der Waals surface area contributed by atoms with E-state index in [1.165, 1.54) is 0 Å². The minimum absolute atomic E-state index is 0.0877. The number of rotatable bonds is 8. The molecule has 2 amide bonds. The van der Waals surface area contributed by atoms with Gasteiger partial charge in [0.2, 0.25) is 0 Å². The third kappa shape index (κ3) is 5.55. The summed E-state index contributed by atoms with van der Waals surface area (Å²) in [6.07, 6.45) is 0.276. The lowest BCUT2D eigenvalue weighted by Gasteiger charge is -2.37. The first-order valence-corrected chi connectivity index (χ1v) is 9.95. The quantitative estimate of drug-likeness (QED) is 0.753. The molecule has 0 bridgehead atoms. The predicted molar refractivity (Wildman–Crippen MR) is 110 cm³/mol. The van der Waals surface area contributed by atoms with Gasteiger partial charge in [-0.2, -0.15) is 0 Å². The number of likely N-dealkylation sites (N-methyl/N-ethyl adjacent to an activating group) is 1. The molecule has 5 nitrogen and oxygen atoms in total. The summed E-state index contributed by atoms with van der Waals surface area (Å²) in [7, 11) is 0. The van der Waals surface area contributed by atoms with Crippen molar-refractivity contribution >= 4 is 11.8 Å². The van der Waals surface area contributed by atoms with Crippen LogP contribution in [0, 0.1) is 5.41 Å². The first-order chi connectivity index (χ1) is 12.5. The Morgan fingerprint density at radius 1 is 0.926 bits per heavy atom. The minimum atomic E-state index is -1.66. The second-order valence-corrected chi connectivity index (χ2v) is 8.13. The number of hydrogen-bond acceptors (Lipinski definition) is 3. The standard InChI is InChI=1S/C22H36N2O3/c1-8-23(9-2)19(25)17-13-12-14-18(15-17)22(27,16-21(5,6)7)20(26)24(10-3)11-4/h12-15,27H,8-11,16H2,1-7H3. The molecule has 1 unspecified atom stereocenters. The van der Waals surface area contributed by atoms with Gasteiger partial charge in [0.05, 0.1) is 0 Å². The summed E-state index contributed by atoms with van der Waals surface area (Å²) in [6, 6.07) is 6.90. The first kappa shape index (κ1) is 23.2. The lowest BCUT2D eigenvalue weighted by atomic mass is 9.77. The Kier molecular flexibility index (Phi) is 8.03. The molecule has 1 rings (SSSR count). The van der Waals surface area contributed by atoms with E-state index in [9.17, 15) is 14.7 Å². The van der Waals surface area contributed by atoms with E-state index in [2.05, 4.69) is 0 Å². The van der Waals surface area contributed by atoms with Crippen LogP contribution in [0.15, 0.2) is 24.3 Å². The van der Waals surface area contributed by atoms with Gasteiger partial charge in [0.25, 0.3) is 11.8 Å². The molecule has 0 aliphatic rings. The maximum Gasteiger partial charge on any atom is 0.259 e. The molecule has 27 heavy (non-hydrogen) atoms. The van der Waals surface area contributed by atoms with Crippen molar-refractivity contribution in [3.63, 3.8) is 0 Å². The van der Waals surface area contributed by atoms with Crippen molar-refractivity contribution < 1.29 is 14.7 Å². The van der Waals surface area contributed by atoms with Crippen LogP contribution < -0.4 is 0 Å². The summed E-state index contributed by atoms with van der Waals surface area (Å²) < 4.78 is 0. The smallest absolute Gasteiger partial charge is 0.259 e. The van der Waals surface area contributed by atoms with Crippen molar-refractivity contribution in [2.45, 2.75) is 60.5 Å². The summed E-state index contributed by atoms with van der Waals surface area (Å²) in [5, 5.41) is 11.6. The zero-order valence-electron chi connectivity index (χ0n) is 18.0. The summed E-state index contributed by atoms with van der Waals surface area (Å²) in [6.45, 7) is 16.0. The van der Waals surface area contributed by atoms with E-state index in [0.29, 0.717) is 37.3 Å². The Morgan fingerprint density at radius 2 is 1.44 bits per heavy atom. The Hall–Kier alpha value is -1.88. The zero-order chi connectivity index (χ0) is 20.8. The molecule has 0 spiro atoms. The largest absolute Gasteiger partial charge is 0.375 e. The van der Waals surface area contributed by atoms with Crippen LogP contribution in [-0.2, 0) is 10.4 Å². The third-order valence-electron chi connectivity index (χ3n) is 4.83. The van der Waals surface area contributed by atoms with E-state index in [4.69, 9.17) is 0 Å². The number of carbonyl (C=O) groups excluding carboxylic acids is 2. The number of hydrogen-bond donors (Lipinski definition) is 1. The molecular formula is C22H36N2O3. The molecule has 1 N–H and O–H groups in total. The number of amides is 2. The lowest BCUT2D eigenvalue weighted by molar-refractivity contribution is -0.155. The van der Waals surface area contributed by atoms with Crippen molar-refractivity contribution in [1.82, 2.24) is 9.80 Å². The van der Waals surface area contributed by atoms with E-state index in [1.54, 1.807) is 34.1 Å². The fourth-order valence-electron chi connectivity index (χ4n) is 3.44. The van der Waals surface area contributed by atoms with Crippen LogP contribution >= 0.6 is 0 Å². The van der Waals surface area contributed by atoms with Gasteiger partial charge in [-0.1, -0.05) is 32.9 Å². The van der Waals surface area contributed by atoms with Crippen molar-refractivity contribution in [1.29, 1.82) is 0 Å². The van der Waals surface area contributed by atoms with Gasteiger partial charge in [-0.05, 0) is 57.2 Å². The van der Waals surface area contributed by atoms with Gasteiger partial charge >= 0.3 is 0 Å². The van der Waals surface area contributed by atoms with Gasteiger partial charge in [-0.25, -0.2) is 0 Å². The Balaban J connectivity index is 3.45. The van der Waals surface area contributed by atoms with Crippen LogP contribution in [0.3, 0.4) is 0 Å². The van der Waals surface area contributed by atoms with Crippen molar-refractivity contribution in [3.05, 3.63) is 35.4 Å². The molecule has 0 radical (unpaired) electrons. The number of benzene rings is 1. The lowest BCUT2D eigenvalue weighted by Crippen LogP contribution is -2.48. The number of aliphatic hydroxyl groups is 1. The summed E-state index contributed by atoms with van der Waals surface area (Å²) in [5.41, 5.74) is -0.955. The van der Waals surface area contributed by atoms with Crippen LogP contribution in [0.4, 0.5) is 0 Å². The maximum absolute atomic E-state index is 13.2. The van der Waals surface area contributed by atoms with Crippen molar-refractivity contribution in [2.75, 3.05) is 26.2 Å². The Labute approximate surface area is 164 Å². The molecule has 1 aromatic rings. The molecular weight excluding hydrogens is 340 g/mol. The monoisotopic (exact) mass is 376 g/mol. The molecule has 1 atom stereocenters. The molecule has 152 valence electrons. The van der Waals surface area contributed by atoms with E-state index < -0.39 is 5.60 Å². The van der Waals surface area contributed by atoms with Crippen LogP contribution in [0.2, 0.25) is 0 Å². The van der Waals surface area contributed by atoms with Gasteiger partial charge in [0, 0.05) is 31.7 Å². The van der Waals surface area contributed by atoms with Gasteiger partial charge < -0.3 is 14.9 Å². The Morgan fingerprint density at radius 3 is 1.89 bits per heavy atom. The van der Waals surface area contributed by atoms with Gasteiger partial charge in [-0.3, -0.25) is 9.59 Å². The highest BCUT2D eigenvalue weighted by atomic mass is 16.3. The van der Waals surface area contributed by atoms with Crippen LogP contribution in [0.25, 0.3) is 0 Å². The molecule has 0 heterocycles. The highest BCUT2D eigenvalue weighted by molar-refractivity contribution is 5.95. The zero-order valence-corrected chi connectivity index (χ0v) is 18.0. The highest BCUT2D eigenvalue weighted by Gasteiger charge is 2.43. The van der Waals surface area contributed by atoms with E-state index >= 15 is 0 Å². The molecule has 5 heteroatoms. The highest BCUT2D eigenvalue weighted by Crippen LogP contribution is 2.37. The van der Waals surface area contributed by atoms with Gasteiger partial charge in [0.1, 0.15) is 0 Å². The summed E-state index contributed by atoms with van der Waals surface area (Å²) >= 11 is 0. The third-order valence-corrected chi connectivity index (χ3v) is 4.83. The second kappa shape index (κ2) is 9.36. The van der Waals surface area contributed by atoms with Crippen molar-refractivity contribution in [2.24, 2.45) is 5.41 Å². The summed E-state index contributed by atoms with van der Waals surface area (Å²) in [4.78, 5) is 29.3. The fraction of sp³-hybridized carbons (Fsp3) is 0.636. The Bertz CT molecular complexity index is 643. The minimum Gasteiger partial charge on any atom is -0.375 e. The molecule has 0 fully saturated rings. The van der Waals surface area contributed by atoms with Gasteiger partial charge in [0.15, 0.2) is 5.60 Å². The van der Waals surface area contributed by atoms with Crippen LogP contribution in [0.1, 0.15) is 70.8 Å². The second-order valence-electron chi connectivity index (χ2n) is 8.13. The van der Waals surface area contributed by atoms with Gasteiger partial charge in [-0.15, -0.1) is 0 Å². The normalized spacial score (nSPS) is 13.8. The fourth-order valence-corrected chi connectivity index (χ4v) is 3.44.